The molecule has 1 saturated heterocycles. The Kier molecular flexibility index (Phi) is 5.00. The first-order chi connectivity index (χ1) is 12.6. The highest BCUT2D eigenvalue weighted by Gasteiger charge is 2.25. The maximum atomic E-state index is 12.1. The maximum Gasteiger partial charge on any atom is 0.363 e. The lowest BCUT2D eigenvalue weighted by Crippen LogP contribution is -2.35. The molecule has 2 aliphatic heterocycles. The number of hydrogen-bond donors (Lipinski definition) is 0. The van der Waals surface area contributed by atoms with Crippen molar-refractivity contribution in [3.05, 3.63) is 56.5 Å². The van der Waals surface area contributed by atoms with Crippen molar-refractivity contribution in [1.29, 1.82) is 0 Å². The van der Waals surface area contributed by atoms with Gasteiger partial charge >= 0.3 is 5.97 Å². The fraction of sp³-hybridized carbons (Fsp3) is 0.222. The zero-order valence-corrected chi connectivity index (χ0v) is 15.9. The van der Waals surface area contributed by atoms with Crippen molar-refractivity contribution < 1.29 is 14.3 Å². The van der Waals surface area contributed by atoms with Gasteiger partial charge in [0, 0.05) is 23.5 Å². The summed E-state index contributed by atoms with van der Waals surface area (Å²) in [7, 11) is 0. The standard InChI is InChI=1S/C18H14Cl2N2O3S/c19-13-3-1-11(9-14(13)20)17-21-15(18(23)25-17)10-12-2-4-16(26-12)22-5-7-24-8-6-22/h1-4,9-10H,5-8H2/b15-10-. The van der Waals surface area contributed by atoms with E-state index in [0.717, 1.165) is 36.2 Å². The van der Waals surface area contributed by atoms with Crippen LogP contribution in [0.5, 0.6) is 0 Å². The van der Waals surface area contributed by atoms with Crippen molar-refractivity contribution in [2.75, 3.05) is 31.2 Å². The molecule has 0 N–H and O–H groups in total. The van der Waals surface area contributed by atoms with E-state index >= 15 is 0 Å². The maximum absolute atomic E-state index is 12.1. The summed E-state index contributed by atoms with van der Waals surface area (Å²) < 4.78 is 10.6. The Morgan fingerprint density at radius 3 is 2.69 bits per heavy atom. The zero-order chi connectivity index (χ0) is 18.1. The Balaban J connectivity index is 1.57. The van der Waals surface area contributed by atoms with Crippen molar-refractivity contribution in [2.45, 2.75) is 0 Å². The molecular formula is C18H14Cl2N2O3S. The minimum Gasteiger partial charge on any atom is -0.402 e. The van der Waals surface area contributed by atoms with Gasteiger partial charge in [0.15, 0.2) is 5.70 Å². The number of carbonyl (C=O) groups excluding carboxylic acids is 1. The Labute approximate surface area is 164 Å². The van der Waals surface area contributed by atoms with E-state index in [4.69, 9.17) is 32.7 Å². The molecule has 1 aromatic heterocycles. The van der Waals surface area contributed by atoms with Crippen LogP contribution in [0.15, 0.2) is 41.0 Å². The van der Waals surface area contributed by atoms with Gasteiger partial charge in [-0.3, -0.25) is 0 Å². The van der Waals surface area contributed by atoms with E-state index in [0.29, 0.717) is 15.6 Å². The van der Waals surface area contributed by atoms with Crippen molar-refractivity contribution in [3.63, 3.8) is 0 Å². The lowest BCUT2D eigenvalue weighted by molar-refractivity contribution is -0.129. The Morgan fingerprint density at radius 2 is 1.92 bits per heavy atom. The van der Waals surface area contributed by atoms with E-state index in [1.54, 1.807) is 35.6 Å². The molecule has 0 aliphatic carbocycles. The Hall–Kier alpha value is -1.86. The number of esters is 1. The third-order valence-electron chi connectivity index (χ3n) is 4.00. The molecule has 0 spiro atoms. The van der Waals surface area contributed by atoms with E-state index in [1.165, 1.54) is 0 Å². The molecular weight excluding hydrogens is 395 g/mol. The fourth-order valence-electron chi connectivity index (χ4n) is 2.67. The summed E-state index contributed by atoms with van der Waals surface area (Å²) in [5.41, 5.74) is 0.873. The van der Waals surface area contributed by atoms with Gasteiger partial charge in [-0.15, -0.1) is 11.3 Å². The predicted octanol–water partition coefficient (Wildman–Crippen LogP) is 4.24. The molecule has 26 heavy (non-hydrogen) atoms. The van der Waals surface area contributed by atoms with Gasteiger partial charge in [0.2, 0.25) is 5.90 Å². The van der Waals surface area contributed by atoms with E-state index in [2.05, 4.69) is 9.89 Å². The first-order valence-electron chi connectivity index (χ1n) is 8.01. The van der Waals surface area contributed by atoms with Gasteiger partial charge in [-0.2, -0.15) is 0 Å². The molecule has 0 bridgehead atoms. The Bertz CT molecular complexity index is 917. The number of anilines is 1. The molecule has 0 unspecified atom stereocenters. The highest BCUT2D eigenvalue weighted by atomic mass is 35.5. The number of rotatable bonds is 3. The second kappa shape index (κ2) is 7.40. The molecule has 0 saturated carbocycles. The average Bonchev–Trinajstić information content (AvgIpc) is 3.26. The fourth-order valence-corrected chi connectivity index (χ4v) is 3.96. The first-order valence-corrected chi connectivity index (χ1v) is 9.58. The number of halogens is 2. The summed E-state index contributed by atoms with van der Waals surface area (Å²) in [5.74, 6) is -0.253. The van der Waals surface area contributed by atoms with Crippen LogP contribution in [0.3, 0.4) is 0 Å². The highest BCUT2D eigenvalue weighted by Crippen LogP contribution is 2.30. The minimum absolute atomic E-state index is 0.227. The van der Waals surface area contributed by atoms with Crippen molar-refractivity contribution in [1.82, 2.24) is 0 Å². The number of hydrogen-bond acceptors (Lipinski definition) is 6. The van der Waals surface area contributed by atoms with Crippen LogP contribution < -0.4 is 4.90 Å². The number of morpholine rings is 1. The summed E-state index contributed by atoms with van der Waals surface area (Å²) in [6.07, 6.45) is 1.74. The number of aliphatic imine (C=N–C) groups is 1. The third kappa shape index (κ3) is 3.64. The van der Waals surface area contributed by atoms with Crippen molar-refractivity contribution in [3.8, 4) is 0 Å². The van der Waals surface area contributed by atoms with Gasteiger partial charge in [0.05, 0.1) is 28.3 Å². The Morgan fingerprint density at radius 1 is 1.12 bits per heavy atom. The molecule has 0 radical (unpaired) electrons. The largest absolute Gasteiger partial charge is 0.402 e. The normalized spacial score (nSPS) is 19.0. The van der Waals surface area contributed by atoms with Crippen molar-refractivity contribution >= 4 is 57.5 Å². The van der Waals surface area contributed by atoms with Crippen LogP contribution in [0.4, 0.5) is 5.00 Å². The first kappa shape index (κ1) is 17.5. The second-order valence-corrected chi connectivity index (χ2v) is 7.65. The highest BCUT2D eigenvalue weighted by molar-refractivity contribution is 7.16. The zero-order valence-electron chi connectivity index (χ0n) is 13.6. The SMILES string of the molecule is O=C1OC(c2ccc(Cl)c(Cl)c2)=N/C1=C\c1ccc(N2CCOCC2)s1. The van der Waals surface area contributed by atoms with Gasteiger partial charge in [0.25, 0.3) is 0 Å². The lowest BCUT2D eigenvalue weighted by Gasteiger charge is -2.27. The van der Waals surface area contributed by atoms with Gasteiger partial charge in [0.1, 0.15) is 0 Å². The van der Waals surface area contributed by atoms with Gasteiger partial charge in [-0.1, -0.05) is 23.2 Å². The van der Waals surface area contributed by atoms with E-state index in [-0.39, 0.29) is 11.6 Å². The number of cyclic esters (lactones) is 1. The molecule has 2 aliphatic rings. The van der Waals surface area contributed by atoms with E-state index in [9.17, 15) is 4.79 Å². The van der Waals surface area contributed by atoms with Crippen LogP contribution in [0.25, 0.3) is 6.08 Å². The van der Waals surface area contributed by atoms with Crippen LogP contribution in [0.1, 0.15) is 10.4 Å². The third-order valence-corrected chi connectivity index (χ3v) is 5.83. The molecule has 2 aromatic rings. The molecule has 5 nitrogen and oxygen atoms in total. The number of benzene rings is 1. The summed E-state index contributed by atoms with van der Waals surface area (Å²) in [4.78, 5) is 19.7. The topological polar surface area (TPSA) is 51.1 Å². The molecule has 4 rings (SSSR count). The number of nitrogens with zero attached hydrogens (tertiary/aromatic N) is 2. The van der Waals surface area contributed by atoms with Crippen LogP contribution in [-0.2, 0) is 14.3 Å². The predicted molar refractivity (Wildman–Crippen MR) is 104 cm³/mol. The number of ether oxygens (including phenoxy) is 2. The van der Waals surface area contributed by atoms with Crippen LogP contribution in [0.2, 0.25) is 10.0 Å². The van der Waals surface area contributed by atoms with Gasteiger partial charge in [-0.25, -0.2) is 9.79 Å². The molecule has 134 valence electrons. The minimum atomic E-state index is -0.479. The number of thiophene rings is 1. The number of carbonyl (C=O) groups is 1. The van der Waals surface area contributed by atoms with Crippen LogP contribution in [-0.4, -0.2) is 38.2 Å². The van der Waals surface area contributed by atoms with Crippen LogP contribution in [0, 0.1) is 0 Å². The molecule has 1 fully saturated rings. The molecule has 0 atom stereocenters. The molecule has 0 amide bonds. The molecule has 8 heteroatoms. The summed E-state index contributed by atoms with van der Waals surface area (Å²) in [6, 6.07) is 9.01. The summed E-state index contributed by atoms with van der Waals surface area (Å²) in [5, 5.41) is 1.97. The van der Waals surface area contributed by atoms with Crippen molar-refractivity contribution in [2.24, 2.45) is 4.99 Å². The summed E-state index contributed by atoms with van der Waals surface area (Å²) >= 11 is 13.5. The smallest absolute Gasteiger partial charge is 0.363 e. The monoisotopic (exact) mass is 408 g/mol. The van der Waals surface area contributed by atoms with Gasteiger partial charge < -0.3 is 14.4 Å². The summed E-state index contributed by atoms with van der Waals surface area (Å²) in [6.45, 7) is 3.21. The second-order valence-electron chi connectivity index (χ2n) is 5.74. The van der Waals surface area contributed by atoms with Gasteiger partial charge in [-0.05, 0) is 36.4 Å². The molecule has 1 aromatic carbocycles. The van der Waals surface area contributed by atoms with E-state index < -0.39 is 5.97 Å². The van der Waals surface area contributed by atoms with E-state index in [1.807, 2.05) is 12.1 Å². The molecule has 3 heterocycles. The average molecular weight is 409 g/mol. The van der Waals surface area contributed by atoms with Crippen LogP contribution >= 0.6 is 34.5 Å². The quantitative estimate of drug-likeness (QED) is 0.562. The lowest BCUT2D eigenvalue weighted by atomic mass is 10.2.